The first-order chi connectivity index (χ1) is 28.0. The number of carbonyl (C=O) groups excluding carboxylic acids is 2. The molecule has 1 rings (SSSR count). The van der Waals surface area contributed by atoms with Gasteiger partial charge in [0.05, 0.1) is 6.33 Å². The maximum atomic E-state index is 13.1. The van der Waals surface area contributed by atoms with E-state index in [0.29, 0.717) is 18.1 Å². The van der Waals surface area contributed by atoms with Crippen LogP contribution in [0.3, 0.4) is 0 Å². The predicted octanol–water partition coefficient (Wildman–Crippen LogP) is 15.4. The Morgan fingerprint density at radius 3 is 1.51 bits per heavy atom. The number of unbranched alkanes of at least 4 members (excludes halogenated alkanes) is 23. The van der Waals surface area contributed by atoms with Crippen LogP contribution in [0.15, 0.2) is 18.7 Å². The summed E-state index contributed by atoms with van der Waals surface area (Å²) in [6, 6.07) is 0. The van der Waals surface area contributed by atoms with Gasteiger partial charge in [0.25, 0.3) is 0 Å². The molecule has 57 heavy (non-hydrogen) atoms. The standard InChI is InChI=1S/C51H97N3O3/c1-5-9-12-15-20-27-35-48(36-28-21-16-13-10-6-2)46-49(55)37-29-22-18-25-32-41-53(43-34-44-54-45-40-52-47-54)42-33-26-19-24-31-39-51(56)57-50(8-4)38-30-23-17-14-11-7-3/h40,45,47-48,50H,5-39,41-44,46H2,1-4H3. The third kappa shape index (κ3) is 34.8. The summed E-state index contributed by atoms with van der Waals surface area (Å²) in [5.74, 6) is 1.16. The molecular weight excluding hydrogens is 703 g/mol. The number of carbonyl (C=O) groups is 2. The van der Waals surface area contributed by atoms with E-state index in [-0.39, 0.29) is 12.1 Å². The summed E-state index contributed by atoms with van der Waals surface area (Å²) < 4.78 is 8.01. The molecule has 334 valence electrons. The van der Waals surface area contributed by atoms with E-state index >= 15 is 0 Å². The molecule has 0 fully saturated rings. The van der Waals surface area contributed by atoms with E-state index < -0.39 is 0 Å². The van der Waals surface area contributed by atoms with Crippen LogP contribution < -0.4 is 0 Å². The number of Topliss-reactive ketones (excluding diaryl/α,β-unsaturated/α-hetero) is 1. The van der Waals surface area contributed by atoms with Gasteiger partial charge in [0, 0.05) is 38.2 Å². The lowest BCUT2D eigenvalue weighted by Crippen LogP contribution is -2.28. The molecule has 1 aromatic rings. The van der Waals surface area contributed by atoms with Gasteiger partial charge in [-0.3, -0.25) is 9.59 Å². The van der Waals surface area contributed by atoms with Gasteiger partial charge in [-0.2, -0.15) is 0 Å². The van der Waals surface area contributed by atoms with E-state index in [4.69, 9.17) is 4.74 Å². The van der Waals surface area contributed by atoms with Gasteiger partial charge in [-0.25, -0.2) is 4.98 Å². The summed E-state index contributed by atoms with van der Waals surface area (Å²) in [6.45, 7) is 13.5. The molecule has 1 aromatic heterocycles. The molecule has 0 amide bonds. The number of ether oxygens (including phenoxy) is 1. The van der Waals surface area contributed by atoms with E-state index in [0.717, 1.165) is 71.0 Å². The van der Waals surface area contributed by atoms with Crippen LogP contribution in [0.5, 0.6) is 0 Å². The molecule has 0 radical (unpaired) electrons. The van der Waals surface area contributed by atoms with E-state index in [1.54, 1.807) is 0 Å². The predicted molar refractivity (Wildman–Crippen MR) is 246 cm³/mol. The van der Waals surface area contributed by atoms with Gasteiger partial charge in [-0.15, -0.1) is 0 Å². The minimum absolute atomic E-state index is 0.00902. The molecule has 0 spiro atoms. The van der Waals surface area contributed by atoms with Crippen LogP contribution in [0, 0.1) is 5.92 Å². The van der Waals surface area contributed by atoms with Crippen molar-refractivity contribution in [3.05, 3.63) is 18.7 Å². The first-order valence-electron chi connectivity index (χ1n) is 25.4. The quantitative estimate of drug-likeness (QED) is 0.0486. The van der Waals surface area contributed by atoms with Crippen molar-refractivity contribution >= 4 is 11.8 Å². The topological polar surface area (TPSA) is 64.4 Å². The van der Waals surface area contributed by atoms with Crippen LogP contribution in [0.25, 0.3) is 0 Å². The molecule has 1 unspecified atom stereocenters. The monoisotopic (exact) mass is 800 g/mol. The molecule has 0 aliphatic heterocycles. The maximum absolute atomic E-state index is 13.1. The highest BCUT2D eigenvalue weighted by Crippen LogP contribution is 2.24. The normalized spacial score (nSPS) is 12.2. The van der Waals surface area contributed by atoms with Gasteiger partial charge in [-0.1, -0.05) is 188 Å². The number of imidazole rings is 1. The molecule has 6 heteroatoms. The van der Waals surface area contributed by atoms with Gasteiger partial charge < -0.3 is 14.2 Å². The summed E-state index contributed by atoms with van der Waals surface area (Å²) in [6.07, 6.45) is 49.4. The van der Waals surface area contributed by atoms with Crippen LogP contribution in [0.2, 0.25) is 0 Å². The second-order valence-electron chi connectivity index (χ2n) is 17.8. The van der Waals surface area contributed by atoms with Crippen LogP contribution in [0.1, 0.15) is 259 Å². The van der Waals surface area contributed by atoms with Crippen molar-refractivity contribution in [2.75, 3.05) is 19.6 Å². The number of aromatic nitrogens is 2. The number of esters is 1. The average Bonchev–Trinajstić information content (AvgIpc) is 3.73. The molecule has 1 atom stereocenters. The first kappa shape index (κ1) is 53.3. The van der Waals surface area contributed by atoms with Gasteiger partial charge in [0.1, 0.15) is 11.9 Å². The van der Waals surface area contributed by atoms with Crippen molar-refractivity contribution in [2.24, 2.45) is 5.92 Å². The largest absolute Gasteiger partial charge is 0.462 e. The molecule has 0 aromatic carbocycles. The number of aryl methyl sites for hydroxylation is 1. The van der Waals surface area contributed by atoms with Crippen molar-refractivity contribution in [2.45, 2.75) is 271 Å². The summed E-state index contributed by atoms with van der Waals surface area (Å²) in [7, 11) is 0. The second-order valence-corrected chi connectivity index (χ2v) is 17.8. The van der Waals surface area contributed by atoms with E-state index in [1.165, 1.54) is 180 Å². The van der Waals surface area contributed by atoms with Gasteiger partial charge in [-0.05, 0) is 76.9 Å². The fourth-order valence-corrected chi connectivity index (χ4v) is 8.50. The van der Waals surface area contributed by atoms with E-state index in [9.17, 15) is 9.59 Å². The third-order valence-corrected chi connectivity index (χ3v) is 12.3. The molecule has 6 nitrogen and oxygen atoms in total. The van der Waals surface area contributed by atoms with Gasteiger partial charge in [0.15, 0.2) is 0 Å². The number of rotatable bonds is 45. The smallest absolute Gasteiger partial charge is 0.306 e. The lowest BCUT2D eigenvalue weighted by atomic mass is 9.89. The van der Waals surface area contributed by atoms with Crippen molar-refractivity contribution in [1.82, 2.24) is 14.5 Å². The number of ketones is 1. The summed E-state index contributed by atoms with van der Waals surface area (Å²) in [5.41, 5.74) is 0. The Bertz CT molecular complexity index is 966. The Kier molecular flexibility index (Phi) is 38.4. The molecule has 0 N–H and O–H groups in total. The van der Waals surface area contributed by atoms with Crippen molar-refractivity contribution in [1.29, 1.82) is 0 Å². The van der Waals surface area contributed by atoms with Gasteiger partial charge >= 0.3 is 5.97 Å². The molecule has 0 aliphatic carbocycles. The first-order valence-corrected chi connectivity index (χ1v) is 25.4. The summed E-state index contributed by atoms with van der Waals surface area (Å²) in [5, 5.41) is 0. The van der Waals surface area contributed by atoms with Crippen LogP contribution in [0.4, 0.5) is 0 Å². The maximum Gasteiger partial charge on any atom is 0.306 e. The highest BCUT2D eigenvalue weighted by molar-refractivity contribution is 5.78. The zero-order valence-electron chi connectivity index (χ0n) is 38.7. The Balaban J connectivity index is 2.29. The van der Waals surface area contributed by atoms with Crippen molar-refractivity contribution in [3.63, 3.8) is 0 Å². The molecule has 1 heterocycles. The Hall–Kier alpha value is -1.69. The van der Waals surface area contributed by atoms with Crippen molar-refractivity contribution < 1.29 is 14.3 Å². The third-order valence-electron chi connectivity index (χ3n) is 12.3. The molecule has 0 saturated carbocycles. The fourth-order valence-electron chi connectivity index (χ4n) is 8.50. The minimum Gasteiger partial charge on any atom is -0.462 e. The number of hydrogen-bond donors (Lipinski definition) is 0. The lowest BCUT2D eigenvalue weighted by molar-refractivity contribution is -0.149. The number of hydrogen-bond acceptors (Lipinski definition) is 5. The highest BCUT2D eigenvalue weighted by atomic mass is 16.5. The minimum atomic E-state index is 0.00902. The van der Waals surface area contributed by atoms with Crippen LogP contribution in [-0.2, 0) is 20.9 Å². The fraction of sp³-hybridized carbons (Fsp3) is 0.902. The highest BCUT2D eigenvalue weighted by Gasteiger charge is 2.15. The zero-order chi connectivity index (χ0) is 41.3. The molecule has 0 aliphatic rings. The van der Waals surface area contributed by atoms with E-state index in [1.807, 2.05) is 12.5 Å². The Morgan fingerprint density at radius 1 is 0.544 bits per heavy atom. The number of nitrogens with zero attached hydrogens (tertiary/aromatic N) is 3. The molecule has 0 saturated heterocycles. The lowest BCUT2D eigenvalue weighted by Gasteiger charge is -2.22. The summed E-state index contributed by atoms with van der Waals surface area (Å²) >= 11 is 0. The molecule has 0 bridgehead atoms. The molecular formula is C51H97N3O3. The average molecular weight is 800 g/mol. The van der Waals surface area contributed by atoms with Crippen molar-refractivity contribution in [3.8, 4) is 0 Å². The zero-order valence-corrected chi connectivity index (χ0v) is 38.7. The van der Waals surface area contributed by atoms with E-state index in [2.05, 4.69) is 48.3 Å². The van der Waals surface area contributed by atoms with Crippen LogP contribution >= 0.6 is 0 Å². The Morgan fingerprint density at radius 2 is 1.00 bits per heavy atom. The SMILES string of the molecule is CCCCCCCCC(CCCCCCCC)CC(=O)CCCCCCCN(CCCCCCCC(=O)OC(CC)CCCCCCCC)CCCn1ccnc1. The van der Waals surface area contributed by atoms with Crippen LogP contribution in [-0.4, -0.2) is 51.9 Å². The van der Waals surface area contributed by atoms with Gasteiger partial charge in [0.2, 0.25) is 0 Å². The summed E-state index contributed by atoms with van der Waals surface area (Å²) in [4.78, 5) is 32.4. The second kappa shape index (κ2) is 41.1. The Labute approximate surface area is 355 Å².